The maximum Gasteiger partial charge on any atom is 0.242 e. The Morgan fingerprint density at radius 1 is 1.42 bits per heavy atom. The molecule has 19 heavy (non-hydrogen) atoms. The largest absolute Gasteiger partial charge is 0.369 e. The summed E-state index contributed by atoms with van der Waals surface area (Å²) in [5.41, 5.74) is 8.34. The lowest BCUT2D eigenvalue weighted by Crippen LogP contribution is -2.31. The van der Waals surface area contributed by atoms with Crippen molar-refractivity contribution in [1.29, 1.82) is 0 Å². The highest BCUT2D eigenvalue weighted by molar-refractivity contribution is 5.81. The van der Waals surface area contributed by atoms with Gasteiger partial charge < -0.3 is 10.6 Å². The number of aromatic nitrogens is 3. The topological polar surface area (TPSA) is 77.0 Å². The van der Waals surface area contributed by atoms with Gasteiger partial charge in [0.15, 0.2) is 5.65 Å². The third kappa shape index (κ3) is 2.14. The van der Waals surface area contributed by atoms with Gasteiger partial charge in [0.25, 0.3) is 0 Å². The summed E-state index contributed by atoms with van der Waals surface area (Å²) in [6.07, 6.45) is 3.94. The predicted molar refractivity (Wildman–Crippen MR) is 72.5 cm³/mol. The van der Waals surface area contributed by atoms with Crippen LogP contribution in [0.2, 0.25) is 0 Å². The maximum absolute atomic E-state index is 12.2. The molecule has 0 radical (unpaired) electrons. The molecule has 3 heterocycles. The number of nitrogens with two attached hydrogens (primary N) is 1. The minimum absolute atomic E-state index is 0.0888. The summed E-state index contributed by atoms with van der Waals surface area (Å²) >= 11 is 0. The lowest BCUT2D eigenvalue weighted by molar-refractivity contribution is -0.130. The van der Waals surface area contributed by atoms with Crippen molar-refractivity contribution in [2.75, 3.05) is 18.8 Å². The van der Waals surface area contributed by atoms with E-state index in [0.717, 1.165) is 37.0 Å². The van der Waals surface area contributed by atoms with E-state index in [0.29, 0.717) is 11.6 Å². The van der Waals surface area contributed by atoms with E-state index in [-0.39, 0.29) is 12.5 Å². The van der Waals surface area contributed by atoms with Gasteiger partial charge in [-0.1, -0.05) is 0 Å². The Hall–Kier alpha value is -2.11. The van der Waals surface area contributed by atoms with Gasteiger partial charge in [0, 0.05) is 19.3 Å². The van der Waals surface area contributed by atoms with E-state index in [1.165, 1.54) is 0 Å². The van der Waals surface area contributed by atoms with Crippen LogP contribution in [0.5, 0.6) is 0 Å². The Labute approximate surface area is 111 Å². The van der Waals surface area contributed by atoms with Crippen LogP contribution in [0.15, 0.2) is 12.3 Å². The molecule has 3 rings (SSSR count). The molecule has 100 valence electrons. The molecule has 0 saturated carbocycles. The second-order valence-corrected chi connectivity index (χ2v) is 5.00. The van der Waals surface area contributed by atoms with Gasteiger partial charge in [0.05, 0.1) is 0 Å². The second-order valence-electron chi connectivity index (χ2n) is 5.00. The number of nitrogen functional groups attached to an aromatic ring is 1. The van der Waals surface area contributed by atoms with E-state index in [4.69, 9.17) is 5.73 Å². The van der Waals surface area contributed by atoms with Crippen molar-refractivity contribution in [3.8, 4) is 0 Å². The first-order valence-electron chi connectivity index (χ1n) is 6.51. The number of likely N-dealkylation sites (tertiary alicyclic amines) is 1. The number of aryl methyl sites for hydroxylation is 1. The Morgan fingerprint density at radius 2 is 2.16 bits per heavy atom. The van der Waals surface area contributed by atoms with E-state index in [1.54, 1.807) is 10.8 Å². The number of fused-ring (bicyclic) bond motifs is 1. The third-order valence-corrected chi connectivity index (χ3v) is 3.50. The number of nitrogens with zero attached hydrogens (tertiary/aromatic N) is 4. The van der Waals surface area contributed by atoms with Crippen LogP contribution < -0.4 is 5.73 Å². The normalized spacial score (nSPS) is 15.3. The van der Waals surface area contributed by atoms with Crippen molar-refractivity contribution in [2.45, 2.75) is 26.3 Å². The first-order chi connectivity index (χ1) is 9.15. The molecule has 0 aromatic carbocycles. The number of anilines is 1. The van der Waals surface area contributed by atoms with Crippen LogP contribution in [0.4, 0.5) is 5.95 Å². The number of pyridine rings is 1. The fourth-order valence-corrected chi connectivity index (χ4v) is 2.49. The molecule has 1 aliphatic rings. The molecule has 6 nitrogen and oxygen atoms in total. The summed E-state index contributed by atoms with van der Waals surface area (Å²) in [5, 5.41) is 0. The molecule has 0 unspecified atom stereocenters. The van der Waals surface area contributed by atoms with Gasteiger partial charge in [0.1, 0.15) is 12.1 Å². The minimum Gasteiger partial charge on any atom is -0.369 e. The van der Waals surface area contributed by atoms with Crippen molar-refractivity contribution in [3.63, 3.8) is 0 Å². The van der Waals surface area contributed by atoms with Gasteiger partial charge in [-0.2, -0.15) is 0 Å². The number of amides is 1. The molecule has 1 amide bonds. The summed E-state index contributed by atoms with van der Waals surface area (Å²) in [7, 11) is 0. The molecule has 2 aromatic heterocycles. The van der Waals surface area contributed by atoms with Crippen molar-refractivity contribution in [3.05, 3.63) is 17.8 Å². The molecule has 1 fully saturated rings. The van der Waals surface area contributed by atoms with E-state index in [2.05, 4.69) is 9.97 Å². The summed E-state index contributed by atoms with van der Waals surface area (Å²) in [4.78, 5) is 22.6. The van der Waals surface area contributed by atoms with Crippen LogP contribution in [-0.4, -0.2) is 38.4 Å². The average molecular weight is 259 g/mol. The van der Waals surface area contributed by atoms with Crippen LogP contribution in [-0.2, 0) is 11.3 Å². The van der Waals surface area contributed by atoms with E-state index in [9.17, 15) is 4.79 Å². The Balaban J connectivity index is 1.91. The average Bonchev–Trinajstić information content (AvgIpc) is 2.98. The second kappa shape index (κ2) is 4.53. The highest BCUT2D eigenvalue weighted by Gasteiger charge is 2.20. The van der Waals surface area contributed by atoms with Crippen molar-refractivity contribution in [2.24, 2.45) is 0 Å². The van der Waals surface area contributed by atoms with Crippen molar-refractivity contribution < 1.29 is 4.79 Å². The van der Waals surface area contributed by atoms with Gasteiger partial charge >= 0.3 is 0 Å². The van der Waals surface area contributed by atoms with Crippen LogP contribution in [0, 0.1) is 6.92 Å². The summed E-state index contributed by atoms with van der Waals surface area (Å²) in [5.74, 6) is 0.437. The van der Waals surface area contributed by atoms with Gasteiger partial charge in [-0.05, 0) is 31.4 Å². The van der Waals surface area contributed by atoms with E-state index >= 15 is 0 Å². The standard InChI is InChI=1S/C13H17N5O/c1-9-6-10-12(15-7-9)18(13(14)16-10)8-11(19)17-4-2-3-5-17/h6-7H,2-5,8H2,1H3,(H2,14,16). The maximum atomic E-state index is 12.2. The molecule has 6 heteroatoms. The zero-order valence-corrected chi connectivity index (χ0v) is 11.0. The highest BCUT2D eigenvalue weighted by atomic mass is 16.2. The van der Waals surface area contributed by atoms with Gasteiger partial charge in [-0.15, -0.1) is 0 Å². The van der Waals surface area contributed by atoms with E-state index in [1.807, 2.05) is 17.9 Å². The molecular weight excluding hydrogens is 242 g/mol. The van der Waals surface area contributed by atoms with Crippen LogP contribution >= 0.6 is 0 Å². The summed E-state index contributed by atoms with van der Waals surface area (Å²) < 4.78 is 1.69. The first-order valence-corrected chi connectivity index (χ1v) is 6.51. The molecule has 2 aromatic rings. The summed E-state index contributed by atoms with van der Waals surface area (Å²) in [6.45, 7) is 3.87. The lowest BCUT2D eigenvalue weighted by Gasteiger charge is -2.15. The SMILES string of the molecule is Cc1cnc2c(c1)nc(N)n2CC(=O)N1CCCC1. The van der Waals surface area contributed by atoms with Crippen LogP contribution in [0.3, 0.4) is 0 Å². The van der Waals surface area contributed by atoms with Crippen molar-refractivity contribution >= 4 is 23.0 Å². The van der Waals surface area contributed by atoms with Crippen molar-refractivity contribution in [1.82, 2.24) is 19.4 Å². The number of imidazole rings is 1. The number of carbonyl (C=O) groups excluding carboxylic acids is 1. The monoisotopic (exact) mass is 259 g/mol. The fourth-order valence-electron chi connectivity index (χ4n) is 2.49. The minimum atomic E-state index is 0.0888. The number of hydrogen-bond acceptors (Lipinski definition) is 4. The van der Waals surface area contributed by atoms with Crippen LogP contribution in [0.1, 0.15) is 18.4 Å². The first kappa shape index (κ1) is 12.0. The van der Waals surface area contributed by atoms with Gasteiger partial charge in [-0.3, -0.25) is 9.36 Å². The number of carbonyl (C=O) groups is 1. The molecule has 0 spiro atoms. The molecule has 0 aliphatic carbocycles. The molecule has 0 atom stereocenters. The zero-order valence-electron chi connectivity index (χ0n) is 11.0. The molecule has 1 saturated heterocycles. The third-order valence-electron chi connectivity index (χ3n) is 3.50. The van der Waals surface area contributed by atoms with Gasteiger partial charge in [-0.25, -0.2) is 9.97 Å². The number of hydrogen-bond donors (Lipinski definition) is 1. The smallest absolute Gasteiger partial charge is 0.242 e. The zero-order chi connectivity index (χ0) is 13.4. The Kier molecular flexibility index (Phi) is 2.85. The Morgan fingerprint density at radius 3 is 2.89 bits per heavy atom. The quantitative estimate of drug-likeness (QED) is 0.871. The van der Waals surface area contributed by atoms with Crippen LogP contribution in [0.25, 0.3) is 11.2 Å². The molecule has 0 bridgehead atoms. The fraction of sp³-hybridized carbons (Fsp3) is 0.462. The number of rotatable bonds is 2. The predicted octanol–water partition coefficient (Wildman–Crippen LogP) is 0.944. The van der Waals surface area contributed by atoms with Gasteiger partial charge in [0.2, 0.25) is 11.9 Å². The van der Waals surface area contributed by atoms with E-state index < -0.39 is 0 Å². The Bertz CT molecular complexity index is 627. The molecule has 2 N–H and O–H groups in total. The highest BCUT2D eigenvalue weighted by Crippen LogP contribution is 2.17. The summed E-state index contributed by atoms with van der Waals surface area (Å²) in [6, 6.07) is 1.93. The molecule has 1 aliphatic heterocycles. The molecular formula is C13H17N5O. The lowest BCUT2D eigenvalue weighted by atomic mass is 10.3.